The van der Waals surface area contributed by atoms with Gasteiger partial charge in [0.15, 0.2) is 0 Å². The second-order valence-electron chi connectivity index (χ2n) is 32.5. The van der Waals surface area contributed by atoms with Gasteiger partial charge in [-0.1, -0.05) is 194 Å². The zero-order valence-corrected chi connectivity index (χ0v) is 58.3. The molecule has 0 saturated heterocycles. The zero-order chi connectivity index (χ0) is 65.8. The van der Waals surface area contributed by atoms with E-state index in [1.165, 1.54) is 95.0 Å². The van der Waals surface area contributed by atoms with Crippen molar-refractivity contribution in [3.8, 4) is 11.3 Å². The second-order valence-corrected chi connectivity index (χ2v) is 32.5. The molecule has 0 unspecified atom stereocenters. The highest BCUT2D eigenvalue weighted by Crippen LogP contribution is 2.55. The summed E-state index contributed by atoms with van der Waals surface area (Å²) in [7, 11) is 0. The molecule has 5 nitrogen and oxygen atoms in total. The summed E-state index contributed by atoms with van der Waals surface area (Å²) in [6.07, 6.45) is 4.53. The minimum absolute atomic E-state index is 0.0135. The molecule has 2 aliphatic heterocycles. The lowest BCUT2D eigenvalue weighted by atomic mass is 9.33. The molecule has 10 aromatic carbocycles. The van der Waals surface area contributed by atoms with Crippen molar-refractivity contribution in [3.05, 3.63) is 257 Å². The number of benzene rings is 10. The zero-order valence-electron chi connectivity index (χ0n) is 58.3. The number of aryl methyl sites for hydroxylation is 2. The number of hydrogen-bond donors (Lipinski definition) is 0. The first-order valence-corrected chi connectivity index (χ1v) is 34.4. The predicted molar refractivity (Wildman–Crippen MR) is 402 cm³/mol. The molecule has 0 saturated carbocycles. The molecule has 94 heavy (non-hydrogen) atoms. The monoisotopic (exact) mass is 1230 g/mol. The maximum absolute atomic E-state index is 6.45. The van der Waals surface area contributed by atoms with Crippen LogP contribution in [0.15, 0.2) is 217 Å². The molecule has 4 aliphatic rings. The number of furan rings is 1. The first-order chi connectivity index (χ1) is 44.6. The Balaban J connectivity index is 1.05. The molecule has 0 N–H and O–H groups in total. The van der Waals surface area contributed by atoms with Crippen LogP contribution in [-0.4, -0.2) is 6.71 Å². The average Bonchev–Trinajstić information content (AvgIpc) is 0.724. The molecule has 0 atom stereocenters. The minimum atomic E-state index is -0.132. The van der Waals surface area contributed by atoms with Crippen molar-refractivity contribution in [2.24, 2.45) is 0 Å². The third-order valence-electron chi connectivity index (χ3n) is 22.1. The average molecular weight is 1230 g/mol. The van der Waals surface area contributed by atoms with Crippen LogP contribution in [0, 0.1) is 13.8 Å². The van der Waals surface area contributed by atoms with Gasteiger partial charge in [-0.3, -0.25) is 0 Å². The maximum Gasteiger partial charge on any atom is 0.252 e. The molecule has 0 spiro atoms. The van der Waals surface area contributed by atoms with E-state index in [1.54, 1.807) is 0 Å². The molecule has 15 rings (SSSR count). The Morgan fingerprint density at radius 1 is 0.383 bits per heavy atom. The summed E-state index contributed by atoms with van der Waals surface area (Å²) in [6, 6.07) is 81.4. The molecular weight excluding hydrogens is 1140 g/mol. The van der Waals surface area contributed by atoms with Gasteiger partial charge in [0.2, 0.25) is 0 Å². The maximum atomic E-state index is 6.45. The molecular formula is C88H91BN4O. The van der Waals surface area contributed by atoms with Gasteiger partial charge in [0.1, 0.15) is 11.3 Å². The number of rotatable bonds is 9. The van der Waals surface area contributed by atoms with Crippen LogP contribution >= 0.6 is 0 Å². The highest BCUT2D eigenvalue weighted by molar-refractivity contribution is 7.00. The van der Waals surface area contributed by atoms with E-state index >= 15 is 0 Å². The standard InChI is InChI=1S/C88H91BN4O/c1-56-23-22-24-57(2)82(56)93-75-51-67(90(62-26-18-17-19-27-62)63-35-29-58(30-36-63)80-49-59-25-20-21-28-79(59)94-80)42-44-73(75)89-74-54-71-72(88(15,16)48-47-87(71,13)14)55-76(74)92(66-41-43-69-70(50-66)86(11,12)46-45-85(69,9)10)77-52-68(53-78(93)81(77)89)91(64-37-31-60(32-38-64)83(3,4)5)65-39-33-61(34-40-65)84(6,7)8/h17-44,49-55H,45-48H2,1-16H3. The molecule has 2 aliphatic carbocycles. The van der Waals surface area contributed by atoms with Gasteiger partial charge in [-0.2, -0.15) is 0 Å². The SMILES string of the molecule is Cc1cccc(C)c1N1c2cc(N(c3ccccc3)c3ccc(-c4cc5ccccc5o4)cc3)ccc2B2c3cc4c(cc3N(c3ccc5c(c3)C(C)(C)CCC5(C)C)c3cc(N(c5ccc(C(C)(C)C)cc5)c5ccc(C(C)(C)C)cc5)cc1c32)C(C)(C)CCC4(C)C. The molecule has 0 bridgehead atoms. The summed E-state index contributed by atoms with van der Waals surface area (Å²) in [5.74, 6) is 0.857. The Morgan fingerprint density at radius 2 is 0.851 bits per heavy atom. The first-order valence-electron chi connectivity index (χ1n) is 34.4. The van der Waals surface area contributed by atoms with E-state index < -0.39 is 0 Å². The molecule has 11 aromatic rings. The highest BCUT2D eigenvalue weighted by atomic mass is 16.3. The molecule has 0 amide bonds. The summed E-state index contributed by atoms with van der Waals surface area (Å²) in [4.78, 5) is 10.4. The van der Waals surface area contributed by atoms with E-state index in [-0.39, 0.29) is 39.2 Å². The Morgan fingerprint density at radius 3 is 1.43 bits per heavy atom. The van der Waals surface area contributed by atoms with Crippen molar-refractivity contribution < 1.29 is 4.42 Å². The van der Waals surface area contributed by atoms with Crippen LogP contribution in [0.5, 0.6) is 0 Å². The topological polar surface area (TPSA) is 26.1 Å². The second kappa shape index (κ2) is 21.8. The van der Waals surface area contributed by atoms with Crippen LogP contribution in [0.4, 0.5) is 68.2 Å². The fourth-order valence-corrected chi connectivity index (χ4v) is 16.3. The van der Waals surface area contributed by atoms with E-state index in [4.69, 9.17) is 4.42 Å². The van der Waals surface area contributed by atoms with Crippen molar-refractivity contribution in [1.82, 2.24) is 0 Å². The van der Waals surface area contributed by atoms with Crippen LogP contribution in [0.3, 0.4) is 0 Å². The van der Waals surface area contributed by atoms with Crippen LogP contribution in [0.1, 0.15) is 167 Å². The normalized spacial score (nSPS) is 16.4. The van der Waals surface area contributed by atoms with Crippen molar-refractivity contribution in [3.63, 3.8) is 0 Å². The number of anilines is 12. The van der Waals surface area contributed by atoms with Crippen LogP contribution in [0.25, 0.3) is 22.3 Å². The molecule has 472 valence electrons. The summed E-state index contributed by atoms with van der Waals surface area (Å²) in [6.45, 7) is 38.2. The van der Waals surface area contributed by atoms with Crippen molar-refractivity contribution >= 4 is 102 Å². The Labute approximate surface area is 560 Å². The van der Waals surface area contributed by atoms with Gasteiger partial charge in [-0.05, 0) is 248 Å². The fraction of sp³-hybridized carbons (Fsp3) is 0.295. The molecule has 0 radical (unpaired) electrons. The Hall–Kier alpha value is -9.00. The van der Waals surface area contributed by atoms with E-state index in [2.05, 4.69) is 331 Å². The van der Waals surface area contributed by atoms with Crippen molar-refractivity contribution in [2.45, 2.75) is 169 Å². The number of hydrogen-bond acceptors (Lipinski definition) is 5. The number of fused-ring (bicyclic) bond motifs is 7. The Kier molecular flexibility index (Phi) is 14.2. The number of para-hydroxylation sites is 3. The van der Waals surface area contributed by atoms with Gasteiger partial charge < -0.3 is 24.0 Å². The van der Waals surface area contributed by atoms with E-state index in [1.807, 2.05) is 12.1 Å². The lowest BCUT2D eigenvalue weighted by Crippen LogP contribution is -2.62. The third-order valence-corrected chi connectivity index (χ3v) is 22.1. The van der Waals surface area contributed by atoms with Gasteiger partial charge in [0.05, 0.1) is 11.4 Å². The fourth-order valence-electron chi connectivity index (χ4n) is 16.3. The predicted octanol–water partition coefficient (Wildman–Crippen LogP) is 23.0. The molecule has 3 heterocycles. The lowest BCUT2D eigenvalue weighted by molar-refractivity contribution is 0.332. The van der Waals surface area contributed by atoms with Gasteiger partial charge in [0.25, 0.3) is 6.71 Å². The lowest BCUT2D eigenvalue weighted by Gasteiger charge is -2.48. The van der Waals surface area contributed by atoms with E-state index in [0.29, 0.717) is 0 Å². The van der Waals surface area contributed by atoms with E-state index in [9.17, 15) is 0 Å². The summed E-state index contributed by atoms with van der Waals surface area (Å²) >= 11 is 0. The van der Waals surface area contributed by atoms with Gasteiger partial charge in [0, 0.05) is 67.8 Å². The molecule has 1 aromatic heterocycles. The van der Waals surface area contributed by atoms with E-state index in [0.717, 1.165) is 82.1 Å². The summed E-state index contributed by atoms with van der Waals surface area (Å²) < 4.78 is 6.45. The largest absolute Gasteiger partial charge is 0.456 e. The summed E-state index contributed by atoms with van der Waals surface area (Å²) in [5, 5.41) is 1.10. The first kappa shape index (κ1) is 61.2. The quantitative estimate of drug-likeness (QED) is 0.134. The van der Waals surface area contributed by atoms with Gasteiger partial charge in [-0.25, -0.2) is 0 Å². The van der Waals surface area contributed by atoms with Gasteiger partial charge in [-0.15, -0.1) is 0 Å². The number of nitrogens with zero attached hydrogens (tertiary/aromatic N) is 4. The van der Waals surface area contributed by atoms with Gasteiger partial charge >= 0.3 is 0 Å². The van der Waals surface area contributed by atoms with Crippen LogP contribution in [-0.2, 0) is 32.5 Å². The molecule has 0 fully saturated rings. The minimum Gasteiger partial charge on any atom is -0.456 e. The summed E-state index contributed by atoms with van der Waals surface area (Å²) in [5.41, 5.74) is 30.4. The molecule has 6 heteroatoms. The highest BCUT2D eigenvalue weighted by Gasteiger charge is 2.48. The van der Waals surface area contributed by atoms with Crippen molar-refractivity contribution in [1.29, 1.82) is 0 Å². The van der Waals surface area contributed by atoms with Crippen LogP contribution < -0.4 is 36.0 Å². The third kappa shape index (κ3) is 10.2. The Bertz CT molecular complexity index is 4670. The smallest absolute Gasteiger partial charge is 0.252 e. The van der Waals surface area contributed by atoms with Crippen LogP contribution in [0.2, 0.25) is 0 Å². The van der Waals surface area contributed by atoms with Crippen molar-refractivity contribution in [2.75, 3.05) is 19.6 Å².